The van der Waals surface area contributed by atoms with Crippen LogP contribution >= 0.6 is 0 Å². The van der Waals surface area contributed by atoms with Crippen LogP contribution in [-0.4, -0.2) is 41.8 Å². The number of pyridine rings is 1. The number of hydrogen-bond acceptors (Lipinski definition) is 5. The van der Waals surface area contributed by atoms with Gasteiger partial charge in [-0.05, 0) is 82.2 Å². The van der Waals surface area contributed by atoms with Crippen LogP contribution in [0.1, 0.15) is 58.4 Å². The van der Waals surface area contributed by atoms with Gasteiger partial charge in [-0.2, -0.15) is 0 Å². The molecule has 176 valence electrons. The van der Waals surface area contributed by atoms with Gasteiger partial charge in [-0.3, -0.25) is 9.78 Å². The molecule has 0 atom stereocenters. The Morgan fingerprint density at radius 3 is 2.55 bits per heavy atom. The maximum atomic E-state index is 12.0. The van der Waals surface area contributed by atoms with Gasteiger partial charge in [-0.1, -0.05) is 6.07 Å². The third kappa shape index (κ3) is 5.83. The van der Waals surface area contributed by atoms with Crippen LogP contribution in [0.3, 0.4) is 0 Å². The van der Waals surface area contributed by atoms with E-state index in [9.17, 15) is 9.59 Å². The number of amides is 2. The van der Waals surface area contributed by atoms with E-state index in [0.717, 1.165) is 54.7 Å². The summed E-state index contributed by atoms with van der Waals surface area (Å²) in [7, 11) is 1.83. The molecule has 1 aliphatic heterocycles. The molecule has 1 aromatic heterocycles. The summed E-state index contributed by atoms with van der Waals surface area (Å²) >= 11 is 0. The molecule has 0 unspecified atom stereocenters. The molecule has 33 heavy (non-hydrogen) atoms. The minimum Gasteiger partial charge on any atom is -0.489 e. The van der Waals surface area contributed by atoms with E-state index in [2.05, 4.69) is 16.4 Å². The summed E-state index contributed by atoms with van der Waals surface area (Å²) in [6, 6.07) is 8.32. The number of carbonyl (C=O) groups is 2. The summed E-state index contributed by atoms with van der Waals surface area (Å²) in [5, 5.41) is 2.97. The van der Waals surface area contributed by atoms with E-state index >= 15 is 0 Å². The van der Waals surface area contributed by atoms with E-state index in [-0.39, 0.29) is 24.1 Å². The molecule has 7 heteroatoms. The lowest BCUT2D eigenvalue weighted by molar-refractivity contribution is -0.118. The summed E-state index contributed by atoms with van der Waals surface area (Å²) in [6.07, 6.45) is 8.07. The lowest BCUT2D eigenvalue weighted by atomic mass is 9.93. The van der Waals surface area contributed by atoms with E-state index in [4.69, 9.17) is 9.47 Å². The molecule has 7 nitrogen and oxygen atoms in total. The van der Waals surface area contributed by atoms with Crippen molar-refractivity contribution < 1.29 is 19.1 Å². The minimum absolute atomic E-state index is 0.0990. The van der Waals surface area contributed by atoms with E-state index in [1.807, 2.05) is 52.2 Å². The van der Waals surface area contributed by atoms with Gasteiger partial charge in [0.15, 0.2) is 0 Å². The smallest absolute Gasteiger partial charge is 0.407 e. The van der Waals surface area contributed by atoms with Crippen LogP contribution in [0.2, 0.25) is 0 Å². The molecular formula is C26H33N3O4. The Morgan fingerprint density at radius 2 is 1.82 bits per heavy atom. The average molecular weight is 452 g/mol. The number of hydrogen-bond donors (Lipinski definition) is 1. The molecule has 1 saturated carbocycles. The third-order valence-corrected chi connectivity index (χ3v) is 6.17. The van der Waals surface area contributed by atoms with Crippen LogP contribution in [0.5, 0.6) is 5.75 Å². The van der Waals surface area contributed by atoms with Crippen LogP contribution in [0.4, 0.5) is 10.5 Å². The molecule has 1 aliphatic carbocycles. The SMILES string of the molecule is CN1C(=O)CCc2cc(-c3cncc(OC4CCC(NC(=O)OC(C)(C)C)CC4)c3)ccc21. The topological polar surface area (TPSA) is 80.8 Å². The van der Waals surface area contributed by atoms with E-state index < -0.39 is 5.60 Å². The van der Waals surface area contributed by atoms with Crippen LogP contribution < -0.4 is 15.0 Å². The second-order valence-corrected chi connectivity index (χ2v) is 9.94. The predicted octanol–water partition coefficient (Wildman–Crippen LogP) is 4.87. The summed E-state index contributed by atoms with van der Waals surface area (Å²) in [5.41, 5.74) is 3.73. The van der Waals surface area contributed by atoms with E-state index in [1.165, 1.54) is 5.56 Å². The van der Waals surface area contributed by atoms with Crippen molar-refractivity contribution in [3.63, 3.8) is 0 Å². The Kier molecular flexibility index (Phi) is 6.58. The molecule has 0 bridgehead atoms. The van der Waals surface area contributed by atoms with Crippen LogP contribution in [0.25, 0.3) is 11.1 Å². The van der Waals surface area contributed by atoms with Crippen LogP contribution in [-0.2, 0) is 16.0 Å². The van der Waals surface area contributed by atoms with Crippen molar-refractivity contribution in [3.8, 4) is 16.9 Å². The first-order chi connectivity index (χ1) is 15.7. The largest absolute Gasteiger partial charge is 0.489 e. The van der Waals surface area contributed by atoms with Gasteiger partial charge < -0.3 is 19.7 Å². The third-order valence-electron chi connectivity index (χ3n) is 6.17. The number of anilines is 1. The molecule has 2 amide bonds. The molecule has 0 spiro atoms. The van der Waals surface area contributed by atoms with Gasteiger partial charge in [-0.15, -0.1) is 0 Å². The lowest BCUT2D eigenvalue weighted by Crippen LogP contribution is -2.42. The molecule has 1 N–H and O–H groups in total. The molecule has 0 radical (unpaired) electrons. The number of fused-ring (bicyclic) bond motifs is 1. The zero-order valence-electron chi connectivity index (χ0n) is 19.9. The highest BCUT2D eigenvalue weighted by atomic mass is 16.6. The fraction of sp³-hybridized carbons (Fsp3) is 0.500. The molecule has 4 rings (SSSR count). The number of nitrogens with zero attached hydrogens (tertiary/aromatic N) is 2. The van der Waals surface area contributed by atoms with Crippen molar-refractivity contribution in [2.75, 3.05) is 11.9 Å². The highest BCUT2D eigenvalue weighted by Gasteiger charge is 2.26. The first-order valence-corrected chi connectivity index (χ1v) is 11.7. The Labute approximate surface area is 195 Å². The first-order valence-electron chi connectivity index (χ1n) is 11.7. The quantitative estimate of drug-likeness (QED) is 0.717. The number of ether oxygens (including phenoxy) is 2. The van der Waals surface area contributed by atoms with Gasteiger partial charge in [0, 0.05) is 37.0 Å². The molecular weight excluding hydrogens is 418 g/mol. The number of nitrogens with one attached hydrogen (secondary N) is 1. The zero-order valence-corrected chi connectivity index (χ0v) is 19.9. The van der Waals surface area contributed by atoms with Crippen molar-refractivity contribution in [1.82, 2.24) is 10.3 Å². The van der Waals surface area contributed by atoms with Crippen molar-refractivity contribution >= 4 is 17.7 Å². The number of aromatic nitrogens is 1. The Morgan fingerprint density at radius 1 is 1.06 bits per heavy atom. The number of alkyl carbamates (subject to hydrolysis) is 1. The van der Waals surface area contributed by atoms with Gasteiger partial charge in [0.25, 0.3) is 0 Å². The van der Waals surface area contributed by atoms with Gasteiger partial charge in [0.1, 0.15) is 11.4 Å². The number of aryl methyl sites for hydroxylation is 1. The maximum Gasteiger partial charge on any atom is 0.407 e. The number of carbonyl (C=O) groups excluding carboxylic acids is 2. The second-order valence-electron chi connectivity index (χ2n) is 9.94. The fourth-order valence-electron chi connectivity index (χ4n) is 4.47. The monoisotopic (exact) mass is 451 g/mol. The summed E-state index contributed by atoms with van der Waals surface area (Å²) in [5.74, 6) is 0.907. The second kappa shape index (κ2) is 9.41. The summed E-state index contributed by atoms with van der Waals surface area (Å²) in [4.78, 5) is 30.1. The van der Waals surface area contributed by atoms with E-state index in [0.29, 0.717) is 6.42 Å². The normalized spacial score (nSPS) is 20.7. The Balaban J connectivity index is 1.35. The van der Waals surface area contributed by atoms with Crippen LogP contribution in [0, 0.1) is 0 Å². The molecule has 1 aromatic carbocycles. The molecule has 2 aromatic rings. The Hall–Kier alpha value is -3.09. The number of benzene rings is 1. The van der Waals surface area contributed by atoms with Crippen molar-refractivity contribution in [1.29, 1.82) is 0 Å². The molecule has 0 saturated heterocycles. The zero-order chi connectivity index (χ0) is 23.6. The molecule has 2 heterocycles. The molecule has 2 aliphatic rings. The van der Waals surface area contributed by atoms with Crippen molar-refractivity contribution in [3.05, 3.63) is 42.2 Å². The summed E-state index contributed by atoms with van der Waals surface area (Å²) < 4.78 is 11.6. The van der Waals surface area contributed by atoms with E-state index in [1.54, 1.807) is 11.1 Å². The first kappa shape index (κ1) is 23.1. The summed E-state index contributed by atoms with van der Waals surface area (Å²) in [6.45, 7) is 5.59. The lowest BCUT2D eigenvalue weighted by Gasteiger charge is -2.30. The Bertz CT molecular complexity index is 1020. The van der Waals surface area contributed by atoms with Gasteiger partial charge >= 0.3 is 6.09 Å². The van der Waals surface area contributed by atoms with Gasteiger partial charge in [0.2, 0.25) is 5.91 Å². The van der Waals surface area contributed by atoms with Crippen molar-refractivity contribution in [2.24, 2.45) is 0 Å². The average Bonchev–Trinajstić information content (AvgIpc) is 2.76. The number of rotatable bonds is 4. The maximum absolute atomic E-state index is 12.0. The standard InChI is InChI=1S/C26H33N3O4/c1-26(2,3)33-25(31)28-20-7-9-21(10-8-20)32-22-14-19(15-27-16-22)17-5-11-23-18(13-17)6-12-24(30)29(23)4/h5,11,13-16,20-21H,6-10,12H2,1-4H3,(H,28,31). The minimum atomic E-state index is -0.492. The van der Waals surface area contributed by atoms with Crippen molar-refractivity contribution in [2.45, 2.75) is 77.0 Å². The highest BCUT2D eigenvalue weighted by Crippen LogP contribution is 2.33. The van der Waals surface area contributed by atoms with Gasteiger partial charge in [0.05, 0.1) is 12.3 Å². The fourth-order valence-corrected chi connectivity index (χ4v) is 4.47. The highest BCUT2D eigenvalue weighted by molar-refractivity contribution is 5.96. The van der Waals surface area contributed by atoms with Crippen LogP contribution in [0.15, 0.2) is 36.7 Å². The molecule has 1 fully saturated rings. The predicted molar refractivity (Wildman–Crippen MR) is 127 cm³/mol. The van der Waals surface area contributed by atoms with Gasteiger partial charge in [-0.25, -0.2) is 4.79 Å².